The van der Waals surface area contributed by atoms with E-state index in [1.54, 1.807) is 24.3 Å². The van der Waals surface area contributed by atoms with Crippen LogP contribution in [0.5, 0.6) is 0 Å². The summed E-state index contributed by atoms with van der Waals surface area (Å²) in [7, 11) is 1.29. The van der Waals surface area contributed by atoms with Crippen molar-refractivity contribution < 1.29 is 14.7 Å². The number of nitrogens with one attached hydrogen (secondary N) is 1. The minimum atomic E-state index is -1.05. The average Bonchev–Trinajstić information content (AvgIpc) is 2.66. The minimum Gasteiger partial charge on any atom is -0.481 e. The van der Waals surface area contributed by atoms with Gasteiger partial charge in [-0.25, -0.2) is 4.79 Å². The maximum Gasteiger partial charge on any atom is 0.328 e. The number of nitrogens with zero attached hydrogens (tertiary/aromatic N) is 2. The monoisotopic (exact) mass is 357 g/mol. The lowest BCUT2D eigenvalue weighted by Gasteiger charge is -2.39. The summed E-state index contributed by atoms with van der Waals surface area (Å²) in [6, 6.07) is 8.97. The Morgan fingerprint density at radius 1 is 1.12 bits per heavy atom. The summed E-state index contributed by atoms with van der Waals surface area (Å²) in [5.74, 6) is -1.43. The Kier molecular flexibility index (Phi) is 4.50. The Morgan fingerprint density at radius 2 is 1.73 bits per heavy atom. The van der Waals surface area contributed by atoms with Crippen molar-refractivity contribution in [2.24, 2.45) is 7.05 Å². The molecule has 0 aliphatic carbocycles. The van der Waals surface area contributed by atoms with E-state index in [1.165, 1.54) is 11.9 Å². The molecule has 2 heterocycles. The average molecular weight is 357 g/mol. The first kappa shape index (κ1) is 17.7. The van der Waals surface area contributed by atoms with Crippen molar-refractivity contribution in [3.05, 3.63) is 68.5 Å². The molecule has 1 saturated heterocycles. The molecule has 1 aromatic heterocycles. The van der Waals surface area contributed by atoms with Gasteiger partial charge in [0.1, 0.15) is 5.56 Å². The van der Waals surface area contributed by atoms with Gasteiger partial charge >= 0.3 is 11.7 Å². The number of rotatable bonds is 3. The summed E-state index contributed by atoms with van der Waals surface area (Å²) >= 11 is 0. The van der Waals surface area contributed by atoms with Gasteiger partial charge in [0.2, 0.25) is 0 Å². The van der Waals surface area contributed by atoms with E-state index in [-0.39, 0.29) is 31.5 Å². The predicted molar refractivity (Wildman–Crippen MR) is 93.2 cm³/mol. The molecule has 0 atom stereocenters. The highest BCUT2D eigenvalue weighted by atomic mass is 16.4. The summed E-state index contributed by atoms with van der Waals surface area (Å²) in [5.41, 5.74) is -1.74. The quantitative estimate of drug-likeness (QED) is 0.822. The summed E-state index contributed by atoms with van der Waals surface area (Å²) in [6.45, 7) is 0.421. The first-order chi connectivity index (χ1) is 12.4. The fraction of sp³-hybridized carbons (Fsp3) is 0.333. The van der Waals surface area contributed by atoms with Gasteiger partial charge < -0.3 is 15.0 Å². The Labute approximate surface area is 148 Å². The maximum atomic E-state index is 12.6. The zero-order valence-corrected chi connectivity index (χ0v) is 14.3. The molecule has 3 rings (SSSR count). The largest absolute Gasteiger partial charge is 0.481 e. The number of carboxylic acid groups (broad SMARTS) is 1. The highest BCUT2D eigenvalue weighted by Gasteiger charge is 2.44. The number of carboxylic acids is 1. The van der Waals surface area contributed by atoms with Crippen LogP contribution in [0.15, 0.2) is 46.1 Å². The lowest BCUT2D eigenvalue weighted by molar-refractivity contribution is -0.145. The van der Waals surface area contributed by atoms with Gasteiger partial charge in [0.25, 0.3) is 11.5 Å². The molecule has 2 N–H and O–H groups in total. The fourth-order valence-corrected chi connectivity index (χ4v) is 3.36. The second-order valence-corrected chi connectivity index (χ2v) is 6.42. The van der Waals surface area contributed by atoms with Gasteiger partial charge in [0.15, 0.2) is 0 Å². The molecule has 0 bridgehead atoms. The molecule has 26 heavy (non-hydrogen) atoms. The number of aromatic nitrogens is 2. The number of hydrogen-bond donors (Lipinski definition) is 2. The molecule has 1 amide bonds. The third-order valence-electron chi connectivity index (χ3n) is 5.05. The Bertz CT molecular complexity index is 953. The van der Waals surface area contributed by atoms with Crippen LogP contribution in [0, 0.1) is 0 Å². The minimum absolute atomic E-state index is 0.130. The van der Waals surface area contributed by atoms with E-state index in [9.17, 15) is 24.3 Å². The van der Waals surface area contributed by atoms with Gasteiger partial charge in [-0.05, 0) is 18.4 Å². The molecular formula is C18H19N3O5. The van der Waals surface area contributed by atoms with Gasteiger partial charge in [0, 0.05) is 26.3 Å². The van der Waals surface area contributed by atoms with Crippen LogP contribution in [-0.4, -0.2) is 44.5 Å². The van der Waals surface area contributed by atoms with Crippen molar-refractivity contribution in [2.45, 2.75) is 18.3 Å². The standard InChI is InChI=1S/C18H19N3O5/c1-20-14(22)13(11-19-17(20)26)15(23)21-9-7-18(8-10-21,16(24)25)12-5-3-2-4-6-12/h2-6,11H,7-10H2,1H3,(H,19,26)(H,24,25). The molecule has 2 aromatic rings. The zero-order chi connectivity index (χ0) is 18.9. The second kappa shape index (κ2) is 6.62. The number of aromatic amines is 1. The summed E-state index contributed by atoms with van der Waals surface area (Å²) in [4.78, 5) is 52.0. The first-order valence-electron chi connectivity index (χ1n) is 8.24. The van der Waals surface area contributed by atoms with Crippen LogP contribution < -0.4 is 11.2 Å². The molecule has 1 aliphatic heterocycles. The normalized spacial score (nSPS) is 16.3. The molecule has 0 spiro atoms. The molecule has 0 radical (unpaired) electrons. The van der Waals surface area contributed by atoms with Gasteiger partial charge in [-0.15, -0.1) is 0 Å². The van der Waals surface area contributed by atoms with Crippen LogP contribution in [0.2, 0.25) is 0 Å². The van der Waals surface area contributed by atoms with Crippen LogP contribution in [-0.2, 0) is 17.3 Å². The number of benzene rings is 1. The van der Waals surface area contributed by atoms with Crippen molar-refractivity contribution >= 4 is 11.9 Å². The van der Waals surface area contributed by atoms with Gasteiger partial charge in [0.05, 0.1) is 5.41 Å². The number of piperidine rings is 1. The van der Waals surface area contributed by atoms with Crippen molar-refractivity contribution in [1.82, 2.24) is 14.5 Å². The molecule has 136 valence electrons. The summed E-state index contributed by atoms with van der Waals surface area (Å²) in [6.07, 6.45) is 1.62. The second-order valence-electron chi connectivity index (χ2n) is 6.42. The number of likely N-dealkylation sites (tertiary alicyclic amines) is 1. The van der Waals surface area contributed by atoms with Crippen LogP contribution in [0.1, 0.15) is 28.8 Å². The van der Waals surface area contributed by atoms with Crippen molar-refractivity contribution in [3.8, 4) is 0 Å². The Morgan fingerprint density at radius 3 is 2.31 bits per heavy atom. The molecular weight excluding hydrogens is 338 g/mol. The van der Waals surface area contributed by atoms with E-state index in [4.69, 9.17) is 0 Å². The van der Waals surface area contributed by atoms with Crippen LogP contribution in [0.3, 0.4) is 0 Å². The first-order valence-corrected chi connectivity index (χ1v) is 8.24. The zero-order valence-electron chi connectivity index (χ0n) is 14.3. The van der Waals surface area contributed by atoms with E-state index in [2.05, 4.69) is 4.98 Å². The molecule has 8 nitrogen and oxygen atoms in total. The summed E-state index contributed by atoms with van der Waals surface area (Å²) < 4.78 is 0.836. The maximum absolute atomic E-state index is 12.6. The van der Waals surface area contributed by atoms with E-state index in [0.717, 1.165) is 10.8 Å². The number of H-pyrrole nitrogens is 1. The third-order valence-corrected chi connectivity index (χ3v) is 5.05. The topological polar surface area (TPSA) is 112 Å². The van der Waals surface area contributed by atoms with Gasteiger partial charge in [-0.3, -0.25) is 19.0 Å². The van der Waals surface area contributed by atoms with Crippen molar-refractivity contribution in [3.63, 3.8) is 0 Å². The molecule has 0 saturated carbocycles. The molecule has 0 unspecified atom stereocenters. The number of carbonyl (C=O) groups is 2. The highest BCUT2D eigenvalue weighted by molar-refractivity contribution is 5.94. The Hall–Kier alpha value is -3.16. The van der Waals surface area contributed by atoms with Crippen LogP contribution >= 0.6 is 0 Å². The number of carbonyl (C=O) groups excluding carboxylic acids is 1. The highest BCUT2D eigenvalue weighted by Crippen LogP contribution is 2.36. The van der Waals surface area contributed by atoms with E-state index < -0.39 is 28.5 Å². The fourth-order valence-electron chi connectivity index (χ4n) is 3.36. The SMILES string of the molecule is Cn1c(=O)[nH]cc(C(=O)N2CCC(C(=O)O)(c3ccccc3)CC2)c1=O. The Balaban J connectivity index is 1.85. The lowest BCUT2D eigenvalue weighted by Crippen LogP contribution is -2.50. The molecule has 1 aliphatic rings. The number of aliphatic carboxylic acids is 1. The van der Waals surface area contributed by atoms with Crippen LogP contribution in [0.25, 0.3) is 0 Å². The molecule has 1 aromatic carbocycles. The van der Waals surface area contributed by atoms with Crippen molar-refractivity contribution in [2.75, 3.05) is 13.1 Å². The van der Waals surface area contributed by atoms with Crippen LogP contribution in [0.4, 0.5) is 0 Å². The van der Waals surface area contributed by atoms with Crippen molar-refractivity contribution in [1.29, 1.82) is 0 Å². The smallest absolute Gasteiger partial charge is 0.328 e. The molecule has 1 fully saturated rings. The van der Waals surface area contributed by atoms with Gasteiger partial charge in [-0.2, -0.15) is 0 Å². The van der Waals surface area contributed by atoms with E-state index in [0.29, 0.717) is 5.56 Å². The van der Waals surface area contributed by atoms with Gasteiger partial charge in [-0.1, -0.05) is 30.3 Å². The number of hydrogen-bond acceptors (Lipinski definition) is 4. The predicted octanol–water partition coefficient (Wildman–Crippen LogP) is 0.332. The molecule has 8 heteroatoms. The third kappa shape index (κ3) is 2.83. The van der Waals surface area contributed by atoms with E-state index >= 15 is 0 Å². The van der Waals surface area contributed by atoms with E-state index in [1.807, 2.05) is 6.07 Å². The lowest BCUT2D eigenvalue weighted by atomic mass is 9.73. The number of amides is 1. The summed E-state index contributed by atoms with van der Waals surface area (Å²) in [5, 5.41) is 9.80.